The standard InChI is InChI=1S/C14H25NO3S/c1-5-6-13(16)12-7-8-15(11-12)9-10-19(17,18)14(2,3)4/h7-8,11,13,16H,5-6,9-10H2,1-4H3. The summed E-state index contributed by atoms with van der Waals surface area (Å²) in [5.41, 5.74) is 0.856. The molecule has 1 unspecified atom stereocenters. The van der Waals surface area contributed by atoms with E-state index in [4.69, 9.17) is 0 Å². The predicted octanol–water partition coefficient (Wildman–Crippen LogP) is 2.53. The molecule has 0 amide bonds. The molecule has 0 fully saturated rings. The molecule has 19 heavy (non-hydrogen) atoms. The van der Waals surface area contributed by atoms with Gasteiger partial charge >= 0.3 is 0 Å². The summed E-state index contributed by atoms with van der Waals surface area (Å²) in [7, 11) is -3.10. The highest BCUT2D eigenvalue weighted by Crippen LogP contribution is 2.19. The largest absolute Gasteiger partial charge is 0.388 e. The molecule has 0 saturated heterocycles. The van der Waals surface area contributed by atoms with Crippen molar-refractivity contribution in [1.82, 2.24) is 4.57 Å². The lowest BCUT2D eigenvalue weighted by molar-refractivity contribution is 0.166. The smallest absolute Gasteiger partial charge is 0.156 e. The van der Waals surface area contributed by atoms with Crippen LogP contribution in [0.25, 0.3) is 0 Å². The van der Waals surface area contributed by atoms with Crippen molar-refractivity contribution in [1.29, 1.82) is 0 Å². The lowest BCUT2D eigenvalue weighted by Gasteiger charge is -2.19. The van der Waals surface area contributed by atoms with Crippen LogP contribution in [0.4, 0.5) is 0 Å². The SMILES string of the molecule is CCCC(O)c1ccn(CCS(=O)(=O)C(C)(C)C)c1. The van der Waals surface area contributed by atoms with Gasteiger partial charge in [-0.05, 0) is 38.8 Å². The third-order valence-electron chi connectivity index (χ3n) is 3.27. The van der Waals surface area contributed by atoms with Gasteiger partial charge in [-0.3, -0.25) is 0 Å². The van der Waals surface area contributed by atoms with Gasteiger partial charge in [0.25, 0.3) is 0 Å². The molecule has 1 aromatic heterocycles. The van der Waals surface area contributed by atoms with Crippen molar-refractivity contribution in [3.8, 4) is 0 Å². The maximum absolute atomic E-state index is 12.0. The van der Waals surface area contributed by atoms with E-state index in [1.165, 1.54) is 0 Å². The van der Waals surface area contributed by atoms with Gasteiger partial charge in [-0.15, -0.1) is 0 Å². The van der Waals surface area contributed by atoms with Gasteiger partial charge in [0.2, 0.25) is 0 Å². The van der Waals surface area contributed by atoms with Gasteiger partial charge in [0.15, 0.2) is 9.84 Å². The van der Waals surface area contributed by atoms with E-state index in [1.807, 2.05) is 30.0 Å². The van der Waals surface area contributed by atoms with E-state index < -0.39 is 20.7 Å². The summed E-state index contributed by atoms with van der Waals surface area (Å²) < 4.78 is 25.1. The molecule has 0 aromatic carbocycles. The molecule has 1 aromatic rings. The van der Waals surface area contributed by atoms with Crippen LogP contribution in [0.15, 0.2) is 18.5 Å². The predicted molar refractivity (Wildman–Crippen MR) is 77.8 cm³/mol. The van der Waals surface area contributed by atoms with Gasteiger partial charge in [-0.25, -0.2) is 8.42 Å². The normalized spacial score (nSPS) is 14.6. The Morgan fingerprint density at radius 1 is 1.37 bits per heavy atom. The minimum absolute atomic E-state index is 0.120. The molecular formula is C14H25NO3S. The highest BCUT2D eigenvalue weighted by molar-refractivity contribution is 7.92. The molecule has 110 valence electrons. The number of aliphatic hydroxyl groups is 1. The Balaban J connectivity index is 2.65. The Morgan fingerprint density at radius 3 is 2.53 bits per heavy atom. The summed E-state index contributed by atoms with van der Waals surface area (Å²) in [5, 5.41) is 9.86. The molecule has 0 aliphatic heterocycles. The van der Waals surface area contributed by atoms with Crippen LogP contribution in [0.3, 0.4) is 0 Å². The molecule has 0 aliphatic rings. The number of hydrogen-bond acceptors (Lipinski definition) is 3. The molecule has 0 aliphatic carbocycles. The second-order valence-electron chi connectivity index (χ2n) is 5.92. The Labute approximate surface area is 116 Å². The fraction of sp³-hybridized carbons (Fsp3) is 0.714. The zero-order chi connectivity index (χ0) is 14.7. The van der Waals surface area contributed by atoms with Crippen LogP contribution in [0, 0.1) is 0 Å². The highest BCUT2D eigenvalue weighted by atomic mass is 32.2. The van der Waals surface area contributed by atoms with Crippen molar-refractivity contribution >= 4 is 9.84 Å². The van der Waals surface area contributed by atoms with E-state index in [1.54, 1.807) is 20.8 Å². The molecule has 1 atom stereocenters. The monoisotopic (exact) mass is 287 g/mol. The van der Waals surface area contributed by atoms with Crippen molar-refractivity contribution in [3.63, 3.8) is 0 Å². The maximum atomic E-state index is 12.0. The van der Waals surface area contributed by atoms with E-state index in [9.17, 15) is 13.5 Å². The molecule has 4 nitrogen and oxygen atoms in total. The van der Waals surface area contributed by atoms with Crippen LogP contribution < -0.4 is 0 Å². The first-order chi connectivity index (χ1) is 8.67. The van der Waals surface area contributed by atoms with Crippen LogP contribution in [-0.2, 0) is 16.4 Å². The average molecular weight is 287 g/mol. The Kier molecular flexibility index (Phi) is 5.21. The van der Waals surface area contributed by atoms with E-state index >= 15 is 0 Å². The second-order valence-corrected chi connectivity index (χ2v) is 8.78. The quantitative estimate of drug-likeness (QED) is 0.874. The van der Waals surface area contributed by atoms with E-state index in [2.05, 4.69) is 0 Å². The minimum atomic E-state index is -3.10. The third-order valence-corrected chi connectivity index (χ3v) is 5.86. The van der Waals surface area contributed by atoms with Crippen molar-refractivity contribution in [2.24, 2.45) is 0 Å². The Hall–Kier alpha value is -0.810. The van der Waals surface area contributed by atoms with Gasteiger partial charge in [-0.1, -0.05) is 13.3 Å². The number of aliphatic hydroxyl groups excluding tert-OH is 1. The molecule has 0 spiro atoms. The molecule has 0 bridgehead atoms. The number of aryl methyl sites for hydroxylation is 1. The van der Waals surface area contributed by atoms with Gasteiger partial charge in [0, 0.05) is 18.9 Å². The Morgan fingerprint density at radius 2 is 2.00 bits per heavy atom. The summed E-state index contributed by atoms with van der Waals surface area (Å²) >= 11 is 0. The number of aromatic nitrogens is 1. The molecule has 0 radical (unpaired) electrons. The number of nitrogens with zero attached hydrogens (tertiary/aromatic N) is 1. The summed E-state index contributed by atoms with van der Waals surface area (Å²) in [6.45, 7) is 7.60. The first kappa shape index (κ1) is 16.2. The molecule has 5 heteroatoms. The first-order valence-corrected chi connectivity index (χ1v) is 8.38. The molecule has 0 saturated carbocycles. The van der Waals surface area contributed by atoms with Crippen LogP contribution in [0.2, 0.25) is 0 Å². The fourth-order valence-corrected chi connectivity index (χ4v) is 2.83. The maximum Gasteiger partial charge on any atom is 0.156 e. The lowest BCUT2D eigenvalue weighted by Crippen LogP contribution is -2.31. The van der Waals surface area contributed by atoms with Crippen molar-refractivity contribution < 1.29 is 13.5 Å². The summed E-state index contributed by atoms with van der Waals surface area (Å²) in [5.74, 6) is 0.120. The highest BCUT2D eigenvalue weighted by Gasteiger charge is 2.28. The molecule has 1 N–H and O–H groups in total. The second kappa shape index (κ2) is 6.09. The lowest BCUT2D eigenvalue weighted by atomic mass is 10.1. The molecule has 1 rings (SSSR count). The average Bonchev–Trinajstić information content (AvgIpc) is 2.74. The number of rotatable bonds is 6. The summed E-state index contributed by atoms with van der Waals surface area (Å²) in [6, 6.07) is 1.85. The van der Waals surface area contributed by atoms with Crippen molar-refractivity contribution in [2.45, 2.75) is 57.9 Å². The van der Waals surface area contributed by atoms with Gasteiger partial charge < -0.3 is 9.67 Å². The zero-order valence-electron chi connectivity index (χ0n) is 12.3. The van der Waals surface area contributed by atoms with Crippen LogP contribution in [0.1, 0.15) is 52.2 Å². The topological polar surface area (TPSA) is 59.3 Å². The van der Waals surface area contributed by atoms with E-state index in [0.29, 0.717) is 6.54 Å². The van der Waals surface area contributed by atoms with Crippen LogP contribution in [0.5, 0.6) is 0 Å². The van der Waals surface area contributed by atoms with Gasteiger partial charge in [-0.2, -0.15) is 0 Å². The van der Waals surface area contributed by atoms with E-state index in [-0.39, 0.29) is 5.75 Å². The van der Waals surface area contributed by atoms with Crippen LogP contribution >= 0.6 is 0 Å². The molecule has 1 heterocycles. The van der Waals surface area contributed by atoms with Crippen molar-refractivity contribution in [2.75, 3.05) is 5.75 Å². The minimum Gasteiger partial charge on any atom is -0.388 e. The molecular weight excluding hydrogens is 262 g/mol. The third kappa shape index (κ3) is 4.35. The number of hydrogen-bond donors (Lipinski definition) is 1. The van der Waals surface area contributed by atoms with Gasteiger partial charge in [0.05, 0.1) is 16.6 Å². The fourth-order valence-electron chi connectivity index (χ4n) is 1.77. The number of sulfone groups is 1. The van der Waals surface area contributed by atoms with E-state index in [0.717, 1.165) is 18.4 Å². The van der Waals surface area contributed by atoms with Gasteiger partial charge in [0.1, 0.15) is 0 Å². The summed E-state index contributed by atoms with van der Waals surface area (Å²) in [4.78, 5) is 0. The van der Waals surface area contributed by atoms with Crippen LogP contribution in [-0.4, -0.2) is 28.6 Å². The van der Waals surface area contributed by atoms with Crippen molar-refractivity contribution in [3.05, 3.63) is 24.0 Å². The summed E-state index contributed by atoms with van der Waals surface area (Å²) in [6.07, 6.45) is 4.85. The zero-order valence-corrected chi connectivity index (χ0v) is 13.1. The Bertz CT molecular complexity index is 497. The first-order valence-electron chi connectivity index (χ1n) is 6.73.